The number of nitrogens with zero attached hydrogens (tertiary/aromatic N) is 2. The molecule has 1 aromatic rings. The molecule has 0 saturated heterocycles. The van der Waals surface area contributed by atoms with Gasteiger partial charge in [0.05, 0.1) is 0 Å². The number of aliphatic hydroxyl groups excluding tert-OH is 1. The normalized spacial score (nSPS) is 9.28. The predicted octanol–water partition coefficient (Wildman–Crippen LogP) is 1.30. The van der Waals surface area contributed by atoms with Crippen LogP contribution in [0.5, 0.6) is 0 Å². The van der Waals surface area contributed by atoms with Crippen molar-refractivity contribution in [3.63, 3.8) is 0 Å². The Bertz CT molecular complexity index is 459. The maximum Gasteiger partial charge on any atom is 0.322 e. The highest BCUT2D eigenvalue weighted by Gasteiger charge is 2.09. The van der Waals surface area contributed by atoms with Crippen LogP contribution in [0.1, 0.15) is 19.4 Å². The SMILES string of the molecule is CCN(CC)C(=O)Nc1cc(C#CCO)ccn1. The summed E-state index contributed by atoms with van der Waals surface area (Å²) in [6.07, 6.45) is 1.57. The Balaban J connectivity index is 2.76. The van der Waals surface area contributed by atoms with Gasteiger partial charge in [-0.2, -0.15) is 0 Å². The molecule has 1 aromatic heterocycles. The van der Waals surface area contributed by atoms with E-state index in [1.807, 2.05) is 13.8 Å². The minimum Gasteiger partial charge on any atom is -0.384 e. The van der Waals surface area contributed by atoms with E-state index >= 15 is 0 Å². The molecule has 5 heteroatoms. The van der Waals surface area contributed by atoms with Crippen molar-refractivity contribution < 1.29 is 9.90 Å². The van der Waals surface area contributed by atoms with Crippen molar-refractivity contribution in [1.29, 1.82) is 0 Å². The van der Waals surface area contributed by atoms with Crippen LogP contribution < -0.4 is 5.32 Å². The summed E-state index contributed by atoms with van der Waals surface area (Å²) in [7, 11) is 0. The van der Waals surface area contributed by atoms with Crippen molar-refractivity contribution in [3.8, 4) is 11.8 Å². The molecule has 0 aliphatic heterocycles. The summed E-state index contributed by atoms with van der Waals surface area (Å²) in [4.78, 5) is 17.5. The van der Waals surface area contributed by atoms with Gasteiger partial charge in [-0.1, -0.05) is 11.8 Å². The van der Waals surface area contributed by atoms with Gasteiger partial charge in [0.15, 0.2) is 0 Å². The van der Waals surface area contributed by atoms with Gasteiger partial charge in [-0.25, -0.2) is 9.78 Å². The summed E-state index contributed by atoms with van der Waals surface area (Å²) in [6, 6.07) is 3.21. The third-order valence-electron chi connectivity index (χ3n) is 2.36. The lowest BCUT2D eigenvalue weighted by Gasteiger charge is -2.18. The maximum absolute atomic E-state index is 11.8. The molecule has 18 heavy (non-hydrogen) atoms. The number of anilines is 1. The first-order valence-electron chi connectivity index (χ1n) is 5.83. The number of hydrogen-bond acceptors (Lipinski definition) is 3. The average molecular weight is 247 g/mol. The molecule has 0 aliphatic carbocycles. The first-order valence-corrected chi connectivity index (χ1v) is 5.83. The number of aliphatic hydroxyl groups is 1. The van der Waals surface area contributed by atoms with Crippen molar-refractivity contribution in [3.05, 3.63) is 23.9 Å². The molecular weight excluding hydrogens is 230 g/mol. The van der Waals surface area contributed by atoms with Crippen molar-refractivity contribution in [1.82, 2.24) is 9.88 Å². The van der Waals surface area contributed by atoms with Crippen LogP contribution in [0.25, 0.3) is 0 Å². The van der Waals surface area contributed by atoms with Gasteiger partial charge in [0.1, 0.15) is 12.4 Å². The number of urea groups is 1. The first-order chi connectivity index (χ1) is 8.71. The quantitative estimate of drug-likeness (QED) is 0.791. The Kier molecular flexibility index (Phi) is 5.68. The fraction of sp³-hybridized carbons (Fsp3) is 0.385. The highest BCUT2D eigenvalue weighted by Crippen LogP contribution is 2.06. The van der Waals surface area contributed by atoms with Gasteiger partial charge in [-0.15, -0.1) is 0 Å². The molecular formula is C13H17N3O2. The zero-order chi connectivity index (χ0) is 13.4. The fourth-order valence-corrected chi connectivity index (χ4v) is 1.42. The lowest BCUT2D eigenvalue weighted by atomic mass is 10.2. The number of aromatic nitrogens is 1. The third kappa shape index (κ3) is 4.07. The van der Waals surface area contributed by atoms with Crippen LogP contribution >= 0.6 is 0 Å². The molecule has 2 N–H and O–H groups in total. The smallest absolute Gasteiger partial charge is 0.322 e. The Morgan fingerprint density at radius 3 is 2.83 bits per heavy atom. The number of carbonyl (C=O) groups excluding carboxylic acids is 1. The molecule has 0 radical (unpaired) electrons. The molecule has 5 nitrogen and oxygen atoms in total. The molecule has 0 atom stereocenters. The van der Waals surface area contributed by atoms with Gasteiger partial charge in [0.2, 0.25) is 0 Å². The number of carbonyl (C=O) groups is 1. The summed E-state index contributed by atoms with van der Waals surface area (Å²) >= 11 is 0. The molecule has 0 saturated carbocycles. The van der Waals surface area contributed by atoms with Crippen LogP contribution in [-0.4, -0.2) is 40.7 Å². The lowest BCUT2D eigenvalue weighted by Crippen LogP contribution is -2.34. The fourth-order valence-electron chi connectivity index (χ4n) is 1.42. The predicted molar refractivity (Wildman–Crippen MR) is 70.1 cm³/mol. The number of amides is 2. The summed E-state index contributed by atoms with van der Waals surface area (Å²) < 4.78 is 0. The minimum absolute atomic E-state index is 0.181. The van der Waals surface area contributed by atoms with Gasteiger partial charge in [-0.05, 0) is 26.0 Å². The molecule has 0 fully saturated rings. The molecule has 1 rings (SSSR count). The molecule has 0 spiro atoms. The molecule has 0 unspecified atom stereocenters. The number of pyridine rings is 1. The zero-order valence-electron chi connectivity index (χ0n) is 10.6. The minimum atomic E-state index is -0.191. The van der Waals surface area contributed by atoms with Crippen molar-refractivity contribution in [2.24, 2.45) is 0 Å². The van der Waals surface area contributed by atoms with Crippen LogP contribution in [0.15, 0.2) is 18.3 Å². The molecule has 0 aromatic carbocycles. The standard InChI is InChI=1S/C13H17N3O2/c1-3-16(4-2)13(18)15-12-10-11(6-5-9-17)7-8-14-12/h7-8,10,17H,3-4,9H2,1-2H3,(H,14,15,18). The largest absolute Gasteiger partial charge is 0.384 e. The zero-order valence-corrected chi connectivity index (χ0v) is 10.6. The van der Waals surface area contributed by atoms with Crippen LogP contribution in [-0.2, 0) is 0 Å². The van der Waals surface area contributed by atoms with E-state index in [1.54, 1.807) is 23.2 Å². The van der Waals surface area contributed by atoms with E-state index in [1.165, 1.54) is 0 Å². The summed E-state index contributed by atoms with van der Waals surface area (Å²) in [5.74, 6) is 5.76. The van der Waals surface area contributed by atoms with Gasteiger partial charge < -0.3 is 10.0 Å². The van der Waals surface area contributed by atoms with Crippen LogP contribution in [0.4, 0.5) is 10.6 Å². The lowest BCUT2D eigenvalue weighted by molar-refractivity contribution is 0.217. The van der Waals surface area contributed by atoms with Crippen LogP contribution in [0.2, 0.25) is 0 Å². The van der Waals surface area contributed by atoms with Crippen LogP contribution in [0.3, 0.4) is 0 Å². The number of nitrogens with one attached hydrogen (secondary N) is 1. The van der Waals surface area contributed by atoms with E-state index in [9.17, 15) is 4.79 Å². The highest BCUT2D eigenvalue weighted by atomic mass is 16.2. The van der Waals surface area contributed by atoms with E-state index in [0.29, 0.717) is 24.5 Å². The number of hydrogen-bond donors (Lipinski definition) is 2. The van der Waals surface area contributed by atoms with E-state index < -0.39 is 0 Å². The van der Waals surface area contributed by atoms with Gasteiger partial charge in [0, 0.05) is 24.8 Å². The topological polar surface area (TPSA) is 65.5 Å². The highest BCUT2D eigenvalue weighted by molar-refractivity contribution is 5.88. The first kappa shape index (κ1) is 14.0. The molecule has 1 heterocycles. The third-order valence-corrected chi connectivity index (χ3v) is 2.36. The molecule has 96 valence electrons. The summed E-state index contributed by atoms with van der Waals surface area (Å²) in [5.41, 5.74) is 0.703. The Morgan fingerprint density at radius 1 is 1.50 bits per heavy atom. The Labute approximate surface area is 107 Å². The van der Waals surface area contributed by atoms with Gasteiger partial charge in [-0.3, -0.25) is 5.32 Å². The van der Waals surface area contributed by atoms with Crippen molar-refractivity contribution in [2.45, 2.75) is 13.8 Å². The van der Waals surface area contributed by atoms with Crippen molar-refractivity contribution in [2.75, 3.05) is 25.0 Å². The van der Waals surface area contributed by atoms with E-state index in [4.69, 9.17) is 5.11 Å². The molecule has 0 bridgehead atoms. The number of rotatable bonds is 3. The van der Waals surface area contributed by atoms with E-state index in [0.717, 1.165) is 0 Å². The monoisotopic (exact) mass is 247 g/mol. The van der Waals surface area contributed by atoms with E-state index in [-0.39, 0.29) is 12.6 Å². The van der Waals surface area contributed by atoms with Gasteiger partial charge in [0.25, 0.3) is 0 Å². The second-order valence-electron chi connectivity index (χ2n) is 3.49. The second-order valence-corrected chi connectivity index (χ2v) is 3.49. The van der Waals surface area contributed by atoms with E-state index in [2.05, 4.69) is 22.1 Å². The Hall–Kier alpha value is -2.06. The average Bonchev–Trinajstić information content (AvgIpc) is 2.38. The van der Waals surface area contributed by atoms with Crippen LogP contribution in [0, 0.1) is 11.8 Å². The summed E-state index contributed by atoms with van der Waals surface area (Å²) in [5, 5.41) is 11.3. The second kappa shape index (κ2) is 7.30. The van der Waals surface area contributed by atoms with Crippen molar-refractivity contribution >= 4 is 11.8 Å². The Morgan fingerprint density at radius 2 is 2.22 bits per heavy atom. The molecule has 2 amide bonds. The maximum atomic E-state index is 11.8. The summed E-state index contributed by atoms with van der Waals surface area (Å²) in [6.45, 7) is 4.93. The van der Waals surface area contributed by atoms with Gasteiger partial charge >= 0.3 is 6.03 Å². The molecule has 0 aliphatic rings.